The number of aryl methyl sites for hydroxylation is 1. The lowest BCUT2D eigenvalue weighted by molar-refractivity contribution is -0.115. The third-order valence-electron chi connectivity index (χ3n) is 3.01. The summed E-state index contributed by atoms with van der Waals surface area (Å²) in [4.78, 5) is 23.5. The summed E-state index contributed by atoms with van der Waals surface area (Å²) in [6.07, 6.45) is 0.168. The maximum absolute atomic E-state index is 12.0. The number of anilines is 1. The van der Waals surface area contributed by atoms with Crippen LogP contribution >= 0.6 is 0 Å². The van der Waals surface area contributed by atoms with Gasteiger partial charge in [0.1, 0.15) is 17.4 Å². The quantitative estimate of drug-likeness (QED) is 0.874. The Morgan fingerprint density at radius 1 is 1.29 bits per heavy atom. The van der Waals surface area contributed by atoms with E-state index < -0.39 is 0 Å². The van der Waals surface area contributed by atoms with Gasteiger partial charge in [-0.3, -0.25) is 14.9 Å². The Hall–Kier alpha value is -2.87. The number of furan rings is 1. The average molecular weight is 282 g/mol. The van der Waals surface area contributed by atoms with Gasteiger partial charge in [0.25, 0.3) is 0 Å². The van der Waals surface area contributed by atoms with E-state index in [0.29, 0.717) is 5.76 Å². The first-order valence-corrected chi connectivity index (χ1v) is 6.41. The summed E-state index contributed by atoms with van der Waals surface area (Å²) in [5.74, 6) is -0.215. The van der Waals surface area contributed by atoms with Crippen LogP contribution < -0.4 is 5.32 Å². The first-order valence-electron chi connectivity index (χ1n) is 6.41. The van der Waals surface area contributed by atoms with Crippen LogP contribution in [-0.4, -0.2) is 11.7 Å². The molecule has 0 radical (unpaired) electrons. The van der Waals surface area contributed by atoms with Crippen LogP contribution in [0.15, 0.2) is 34.7 Å². The van der Waals surface area contributed by atoms with Crippen molar-refractivity contribution in [1.29, 1.82) is 5.26 Å². The Kier molecular flexibility index (Phi) is 4.19. The molecule has 0 unspecified atom stereocenters. The fourth-order valence-electron chi connectivity index (χ4n) is 2.12. The molecule has 1 heterocycles. The van der Waals surface area contributed by atoms with Gasteiger partial charge >= 0.3 is 0 Å². The summed E-state index contributed by atoms with van der Waals surface area (Å²) in [5, 5.41) is 11.7. The van der Waals surface area contributed by atoms with Gasteiger partial charge in [0.05, 0.1) is 12.0 Å². The molecule has 1 aromatic heterocycles. The van der Waals surface area contributed by atoms with E-state index in [2.05, 4.69) is 5.32 Å². The number of hydrogen-bond donors (Lipinski definition) is 1. The van der Waals surface area contributed by atoms with Crippen LogP contribution in [0.3, 0.4) is 0 Å². The molecular formula is C16H14N2O3. The van der Waals surface area contributed by atoms with E-state index in [-0.39, 0.29) is 35.1 Å². The Morgan fingerprint density at radius 3 is 2.52 bits per heavy atom. The van der Waals surface area contributed by atoms with Crippen molar-refractivity contribution in [2.45, 2.75) is 20.3 Å². The fourth-order valence-corrected chi connectivity index (χ4v) is 2.12. The molecule has 0 aliphatic carbocycles. The molecule has 0 aliphatic rings. The van der Waals surface area contributed by atoms with E-state index in [0.717, 1.165) is 5.56 Å². The van der Waals surface area contributed by atoms with Gasteiger partial charge in [0, 0.05) is 0 Å². The first kappa shape index (κ1) is 14.5. The highest BCUT2D eigenvalue weighted by molar-refractivity contribution is 6.01. The molecule has 21 heavy (non-hydrogen) atoms. The maximum Gasteiger partial charge on any atom is 0.231 e. The summed E-state index contributed by atoms with van der Waals surface area (Å²) >= 11 is 0. The zero-order chi connectivity index (χ0) is 15.4. The molecule has 0 aliphatic heterocycles. The van der Waals surface area contributed by atoms with E-state index in [1.165, 1.54) is 6.92 Å². The van der Waals surface area contributed by atoms with Crippen LogP contribution in [0.5, 0.6) is 0 Å². The van der Waals surface area contributed by atoms with Crippen molar-refractivity contribution in [1.82, 2.24) is 0 Å². The molecule has 1 amide bonds. The van der Waals surface area contributed by atoms with Gasteiger partial charge in [-0.15, -0.1) is 0 Å². The second-order valence-electron chi connectivity index (χ2n) is 4.62. The number of rotatable bonds is 4. The lowest BCUT2D eigenvalue weighted by atomic mass is 10.1. The summed E-state index contributed by atoms with van der Waals surface area (Å²) in [5.41, 5.74) is 1.14. The number of nitrogens with one attached hydrogen (secondary N) is 1. The SMILES string of the molecule is CC(=O)c1c(C)oc(NC(=O)Cc2ccccc2)c1C#N. The van der Waals surface area contributed by atoms with Crippen molar-refractivity contribution >= 4 is 17.6 Å². The topological polar surface area (TPSA) is 83.1 Å². The second kappa shape index (κ2) is 6.06. The van der Waals surface area contributed by atoms with Crippen LogP contribution in [0.2, 0.25) is 0 Å². The molecule has 5 nitrogen and oxygen atoms in total. The van der Waals surface area contributed by atoms with Gasteiger partial charge in [0.15, 0.2) is 5.78 Å². The number of ketones is 1. The lowest BCUT2D eigenvalue weighted by Crippen LogP contribution is -2.14. The number of benzene rings is 1. The number of Topliss-reactive ketones (excluding diaryl/α,β-unsaturated/α-hetero) is 1. The van der Waals surface area contributed by atoms with Crippen molar-refractivity contribution in [3.05, 3.63) is 52.8 Å². The standard InChI is InChI=1S/C16H14N2O3/c1-10(19)15-11(2)21-16(13(15)9-17)18-14(20)8-12-6-4-3-5-7-12/h3-7H,8H2,1-2H3,(H,18,20). The number of amides is 1. The van der Waals surface area contributed by atoms with E-state index >= 15 is 0 Å². The Morgan fingerprint density at radius 2 is 1.95 bits per heavy atom. The van der Waals surface area contributed by atoms with Gasteiger partial charge in [-0.05, 0) is 19.4 Å². The molecule has 0 saturated heterocycles. The van der Waals surface area contributed by atoms with Gasteiger partial charge in [-0.2, -0.15) is 5.26 Å². The van der Waals surface area contributed by atoms with E-state index in [4.69, 9.17) is 9.68 Å². The highest BCUT2D eigenvalue weighted by Gasteiger charge is 2.22. The Labute approximate surface area is 122 Å². The van der Waals surface area contributed by atoms with Gasteiger partial charge < -0.3 is 4.42 Å². The number of nitriles is 1. The largest absolute Gasteiger partial charge is 0.443 e. The van der Waals surface area contributed by atoms with E-state index in [1.807, 2.05) is 36.4 Å². The molecule has 0 fully saturated rings. The summed E-state index contributed by atoms with van der Waals surface area (Å²) in [6, 6.07) is 11.1. The van der Waals surface area contributed by atoms with Crippen molar-refractivity contribution in [2.75, 3.05) is 5.32 Å². The molecule has 2 rings (SSSR count). The molecule has 0 bridgehead atoms. The Balaban J connectivity index is 2.21. The lowest BCUT2D eigenvalue weighted by Gasteiger charge is -2.02. The number of nitrogens with zero attached hydrogens (tertiary/aromatic N) is 1. The summed E-state index contributed by atoms with van der Waals surface area (Å²) in [6.45, 7) is 2.94. The first-order chi connectivity index (χ1) is 10.0. The number of hydrogen-bond acceptors (Lipinski definition) is 4. The molecule has 1 aromatic carbocycles. The molecule has 0 atom stereocenters. The fraction of sp³-hybridized carbons (Fsp3) is 0.188. The minimum Gasteiger partial charge on any atom is -0.443 e. The summed E-state index contributed by atoms with van der Waals surface area (Å²) < 4.78 is 5.33. The van der Waals surface area contributed by atoms with Gasteiger partial charge in [0.2, 0.25) is 11.8 Å². The monoisotopic (exact) mass is 282 g/mol. The van der Waals surface area contributed by atoms with Crippen LogP contribution in [0, 0.1) is 18.3 Å². The highest BCUT2D eigenvalue weighted by atomic mass is 16.4. The molecular weight excluding hydrogens is 268 g/mol. The smallest absolute Gasteiger partial charge is 0.231 e. The maximum atomic E-state index is 12.0. The second-order valence-corrected chi connectivity index (χ2v) is 4.62. The molecule has 2 aromatic rings. The van der Waals surface area contributed by atoms with Gasteiger partial charge in [-0.1, -0.05) is 30.3 Å². The van der Waals surface area contributed by atoms with E-state index in [1.54, 1.807) is 6.92 Å². The van der Waals surface area contributed by atoms with Crippen LogP contribution in [-0.2, 0) is 11.2 Å². The van der Waals surface area contributed by atoms with Crippen molar-refractivity contribution in [3.63, 3.8) is 0 Å². The molecule has 5 heteroatoms. The average Bonchev–Trinajstić information content (AvgIpc) is 2.75. The summed E-state index contributed by atoms with van der Waals surface area (Å²) in [7, 11) is 0. The Bertz CT molecular complexity index is 724. The molecule has 106 valence electrons. The normalized spacial score (nSPS) is 9.95. The van der Waals surface area contributed by atoms with Gasteiger partial charge in [-0.25, -0.2) is 0 Å². The van der Waals surface area contributed by atoms with E-state index in [9.17, 15) is 9.59 Å². The van der Waals surface area contributed by atoms with Crippen molar-refractivity contribution < 1.29 is 14.0 Å². The molecule has 1 N–H and O–H groups in total. The predicted octanol–water partition coefficient (Wildman–Crippen LogP) is 2.84. The predicted molar refractivity (Wildman–Crippen MR) is 76.9 cm³/mol. The highest BCUT2D eigenvalue weighted by Crippen LogP contribution is 2.26. The molecule has 0 saturated carbocycles. The number of carbonyl (C=O) groups excluding carboxylic acids is 2. The zero-order valence-corrected chi connectivity index (χ0v) is 11.8. The minimum absolute atomic E-state index is 0.0288. The third-order valence-corrected chi connectivity index (χ3v) is 3.01. The minimum atomic E-state index is -0.304. The van der Waals surface area contributed by atoms with Crippen LogP contribution in [0.4, 0.5) is 5.88 Å². The van der Waals surface area contributed by atoms with Crippen molar-refractivity contribution in [3.8, 4) is 6.07 Å². The van der Waals surface area contributed by atoms with Crippen molar-refractivity contribution in [2.24, 2.45) is 0 Å². The third kappa shape index (κ3) is 3.18. The van der Waals surface area contributed by atoms with Crippen LogP contribution in [0.25, 0.3) is 0 Å². The molecule has 0 spiro atoms. The van der Waals surface area contributed by atoms with Crippen LogP contribution in [0.1, 0.15) is 34.2 Å². The number of carbonyl (C=O) groups is 2. The zero-order valence-electron chi connectivity index (χ0n) is 11.8.